The molecule has 1 N–H and O–H groups in total. The molecule has 17 heavy (non-hydrogen) atoms. The zero-order chi connectivity index (χ0) is 11.9. The van der Waals surface area contributed by atoms with Gasteiger partial charge in [-0.1, -0.05) is 67.6 Å². The highest BCUT2D eigenvalue weighted by Crippen LogP contribution is 2.13. The van der Waals surface area contributed by atoms with Gasteiger partial charge >= 0.3 is 0 Å². The monoisotopic (exact) mass is 225 g/mol. The van der Waals surface area contributed by atoms with Crippen molar-refractivity contribution < 1.29 is 0 Å². The normalized spacial score (nSPS) is 12.3. The van der Waals surface area contributed by atoms with E-state index in [0.717, 1.165) is 13.1 Å². The summed E-state index contributed by atoms with van der Waals surface area (Å²) in [6.45, 7) is 4.21. The molecule has 1 atom stereocenters. The van der Waals surface area contributed by atoms with Crippen LogP contribution in [0.2, 0.25) is 0 Å². The molecule has 0 aliphatic rings. The molecule has 0 aliphatic heterocycles. The van der Waals surface area contributed by atoms with E-state index in [1.165, 1.54) is 11.1 Å². The van der Waals surface area contributed by atoms with Crippen LogP contribution in [0.4, 0.5) is 0 Å². The lowest BCUT2D eigenvalue weighted by molar-refractivity contribution is 0.615. The summed E-state index contributed by atoms with van der Waals surface area (Å²) < 4.78 is 0. The Morgan fingerprint density at radius 1 is 0.882 bits per heavy atom. The molecular formula is C16H19N. The van der Waals surface area contributed by atoms with Crippen LogP contribution in [0.3, 0.4) is 0 Å². The largest absolute Gasteiger partial charge is 0.312 e. The van der Waals surface area contributed by atoms with Gasteiger partial charge in [0.05, 0.1) is 0 Å². The van der Waals surface area contributed by atoms with Gasteiger partial charge < -0.3 is 5.32 Å². The van der Waals surface area contributed by atoms with Gasteiger partial charge in [-0.2, -0.15) is 0 Å². The second kappa shape index (κ2) is 6.21. The Labute approximate surface area is 103 Å². The average molecular weight is 225 g/mol. The number of rotatable bonds is 5. The fourth-order valence-electron chi connectivity index (χ4n) is 1.93. The highest BCUT2D eigenvalue weighted by Gasteiger charge is 2.03. The molecule has 0 aromatic heterocycles. The summed E-state index contributed by atoms with van der Waals surface area (Å²) in [4.78, 5) is 0. The Bertz CT molecular complexity index is 422. The van der Waals surface area contributed by atoms with Gasteiger partial charge in [-0.15, -0.1) is 0 Å². The van der Waals surface area contributed by atoms with Gasteiger partial charge in [-0.25, -0.2) is 0 Å². The van der Waals surface area contributed by atoms with Crippen molar-refractivity contribution in [1.29, 1.82) is 0 Å². The number of hydrogen-bond acceptors (Lipinski definition) is 1. The van der Waals surface area contributed by atoms with Crippen molar-refractivity contribution in [1.82, 2.24) is 5.32 Å². The fraction of sp³-hybridized carbons (Fsp3) is 0.250. The second-order valence-corrected chi connectivity index (χ2v) is 4.43. The molecule has 0 fully saturated rings. The molecule has 0 heterocycles. The minimum atomic E-state index is 0.555. The van der Waals surface area contributed by atoms with Crippen LogP contribution in [0.5, 0.6) is 0 Å². The van der Waals surface area contributed by atoms with Crippen LogP contribution in [-0.2, 0) is 6.54 Å². The van der Waals surface area contributed by atoms with Crippen molar-refractivity contribution in [3.8, 4) is 0 Å². The third-order valence-electron chi connectivity index (χ3n) is 2.99. The van der Waals surface area contributed by atoms with Crippen molar-refractivity contribution in [2.24, 2.45) is 0 Å². The van der Waals surface area contributed by atoms with Gasteiger partial charge in [0.1, 0.15) is 0 Å². The lowest BCUT2D eigenvalue weighted by Gasteiger charge is -2.13. The van der Waals surface area contributed by atoms with E-state index >= 15 is 0 Å². The minimum Gasteiger partial charge on any atom is -0.312 e. The van der Waals surface area contributed by atoms with Crippen molar-refractivity contribution >= 4 is 0 Å². The van der Waals surface area contributed by atoms with E-state index in [0.29, 0.717) is 5.92 Å². The van der Waals surface area contributed by atoms with Crippen LogP contribution >= 0.6 is 0 Å². The molecule has 1 heteroatoms. The van der Waals surface area contributed by atoms with Crippen LogP contribution in [0.1, 0.15) is 24.0 Å². The van der Waals surface area contributed by atoms with Gasteiger partial charge in [0, 0.05) is 13.1 Å². The number of nitrogens with one attached hydrogen (secondary N) is 1. The summed E-state index contributed by atoms with van der Waals surface area (Å²) >= 11 is 0. The standard InChI is InChI=1S/C16H19N/c1-14(16-10-6-3-7-11-16)12-17-13-15-8-4-2-5-9-15/h2-11,14,17H,12-13H2,1H3/t14-/m1/s1. The molecule has 0 saturated carbocycles. The molecule has 0 aliphatic carbocycles. The third kappa shape index (κ3) is 3.72. The summed E-state index contributed by atoms with van der Waals surface area (Å²) in [6.07, 6.45) is 0. The van der Waals surface area contributed by atoms with Gasteiger partial charge in [-0.05, 0) is 17.0 Å². The molecule has 0 radical (unpaired) electrons. The second-order valence-electron chi connectivity index (χ2n) is 4.43. The van der Waals surface area contributed by atoms with E-state index in [1.807, 2.05) is 0 Å². The maximum atomic E-state index is 3.50. The van der Waals surface area contributed by atoms with Crippen molar-refractivity contribution in [3.05, 3.63) is 71.8 Å². The first-order valence-electron chi connectivity index (χ1n) is 6.16. The molecule has 0 saturated heterocycles. The lowest BCUT2D eigenvalue weighted by atomic mass is 10.0. The predicted octanol–water partition coefficient (Wildman–Crippen LogP) is 3.58. The summed E-state index contributed by atoms with van der Waals surface area (Å²) in [5.41, 5.74) is 2.74. The molecule has 0 amide bonds. The maximum Gasteiger partial charge on any atom is 0.0205 e. The Kier molecular flexibility index (Phi) is 4.34. The van der Waals surface area contributed by atoms with E-state index in [-0.39, 0.29) is 0 Å². The van der Waals surface area contributed by atoms with Gasteiger partial charge in [0.25, 0.3) is 0 Å². The Morgan fingerprint density at radius 2 is 1.47 bits per heavy atom. The van der Waals surface area contributed by atoms with E-state index in [4.69, 9.17) is 0 Å². The molecular weight excluding hydrogens is 206 g/mol. The molecule has 0 bridgehead atoms. The molecule has 2 aromatic rings. The fourth-order valence-corrected chi connectivity index (χ4v) is 1.93. The summed E-state index contributed by atoms with van der Waals surface area (Å²) in [5, 5.41) is 3.50. The predicted molar refractivity (Wildman–Crippen MR) is 73.0 cm³/mol. The quantitative estimate of drug-likeness (QED) is 0.820. The van der Waals surface area contributed by atoms with E-state index in [1.54, 1.807) is 0 Å². The molecule has 2 aromatic carbocycles. The van der Waals surface area contributed by atoms with E-state index in [9.17, 15) is 0 Å². The third-order valence-corrected chi connectivity index (χ3v) is 2.99. The molecule has 0 unspecified atom stereocenters. The highest BCUT2D eigenvalue weighted by atomic mass is 14.9. The van der Waals surface area contributed by atoms with E-state index in [2.05, 4.69) is 72.9 Å². The highest BCUT2D eigenvalue weighted by molar-refractivity contribution is 5.19. The zero-order valence-corrected chi connectivity index (χ0v) is 10.3. The van der Waals surface area contributed by atoms with Gasteiger partial charge in [0.2, 0.25) is 0 Å². The minimum absolute atomic E-state index is 0.555. The van der Waals surface area contributed by atoms with Crippen molar-refractivity contribution in [3.63, 3.8) is 0 Å². The summed E-state index contributed by atoms with van der Waals surface area (Å²) in [7, 11) is 0. The molecule has 2 rings (SSSR count). The first-order valence-corrected chi connectivity index (χ1v) is 6.16. The summed E-state index contributed by atoms with van der Waals surface area (Å²) in [6, 6.07) is 21.2. The maximum absolute atomic E-state index is 3.50. The van der Waals surface area contributed by atoms with Gasteiger partial charge in [0.15, 0.2) is 0 Å². The Balaban J connectivity index is 1.79. The van der Waals surface area contributed by atoms with Crippen molar-refractivity contribution in [2.45, 2.75) is 19.4 Å². The van der Waals surface area contributed by atoms with Crippen LogP contribution in [0.25, 0.3) is 0 Å². The number of benzene rings is 2. The Hall–Kier alpha value is -1.60. The van der Waals surface area contributed by atoms with E-state index < -0.39 is 0 Å². The van der Waals surface area contributed by atoms with Gasteiger partial charge in [-0.3, -0.25) is 0 Å². The van der Waals surface area contributed by atoms with Crippen LogP contribution < -0.4 is 5.32 Å². The first-order chi connectivity index (χ1) is 8.36. The van der Waals surface area contributed by atoms with Crippen LogP contribution in [0.15, 0.2) is 60.7 Å². The zero-order valence-electron chi connectivity index (χ0n) is 10.3. The lowest BCUT2D eigenvalue weighted by Crippen LogP contribution is -2.19. The number of hydrogen-bond donors (Lipinski definition) is 1. The SMILES string of the molecule is C[C@H](CNCc1ccccc1)c1ccccc1. The smallest absolute Gasteiger partial charge is 0.0205 e. The van der Waals surface area contributed by atoms with Crippen molar-refractivity contribution in [2.75, 3.05) is 6.54 Å². The molecule has 1 nitrogen and oxygen atoms in total. The average Bonchev–Trinajstić information content (AvgIpc) is 2.41. The first kappa shape index (κ1) is 11.9. The molecule has 0 spiro atoms. The topological polar surface area (TPSA) is 12.0 Å². The van der Waals surface area contributed by atoms with Crippen LogP contribution in [0, 0.1) is 0 Å². The van der Waals surface area contributed by atoms with Crippen LogP contribution in [-0.4, -0.2) is 6.54 Å². The Morgan fingerprint density at radius 3 is 2.12 bits per heavy atom. The summed E-state index contributed by atoms with van der Waals surface area (Å²) in [5.74, 6) is 0.555. The molecule has 88 valence electrons.